The van der Waals surface area contributed by atoms with Gasteiger partial charge < -0.3 is 15.0 Å². The van der Waals surface area contributed by atoms with E-state index in [0.29, 0.717) is 18.7 Å². The van der Waals surface area contributed by atoms with Gasteiger partial charge in [0.15, 0.2) is 0 Å². The van der Waals surface area contributed by atoms with Crippen molar-refractivity contribution in [1.82, 2.24) is 25.0 Å². The highest BCUT2D eigenvalue weighted by atomic mass is 16.5. The normalized spacial score (nSPS) is 16.9. The van der Waals surface area contributed by atoms with E-state index in [9.17, 15) is 4.79 Å². The minimum atomic E-state index is -0.0719. The second-order valence-electron chi connectivity index (χ2n) is 6.35. The van der Waals surface area contributed by atoms with Crippen LogP contribution in [0.4, 0.5) is 0 Å². The van der Waals surface area contributed by atoms with Crippen LogP contribution < -0.4 is 10.1 Å². The molecule has 1 fully saturated rings. The van der Waals surface area contributed by atoms with Crippen LogP contribution in [0.25, 0.3) is 5.69 Å². The summed E-state index contributed by atoms with van der Waals surface area (Å²) in [6.07, 6.45) is 3.11. The van der Waals surface area contributed by atoms with Gasteiger partial charge in [-0.1, -0.05) is 18.2 Å². The summed E-state index contributed by atoms with van der Waals surface area (Å²) < 4.78 is 7.17. The monoisotopic (exact) mass is 363 g/mol. The zero-order valence-electron chi connectivity index (χ0n) is 15.1. The molecule has 7 nitrogen and oxygen atoms in total. The number of aromatic nitrogens is 3. The highest BCUT2D eigenvalue weighted by molar-refractivity contribution is 5.94. The third-order valence-corrected chi connectivity index (χ3v) is 4.80. The average Bonchev–Trinajstić information content (AvgIpc) is 3.28. The Labute approximate surface area is 157 Å². The molecule has 3 aromatic rings. The third-order valence-electron chi connectivity index (χ3n) is 4.80. The van der Waals surface area contributed by atoms with Gasteiger partial charge in [-0.25, -0.2) is 9.67 Å². The van der Waals surface area contributed by atoms with Gasteiger partial charge >= 0.3 is 0 Å². The summed E-state index contributed by atoms with van der Waals surface area (Å²) >= 11 is 0. The first-order valence-corrected chi connectivity index (χ1v) is 8.87. The highest BCUT2D eigenvalue weighted by Gasteiger charge is 2.30. The predicted molar refractivity (Wildman–Crippen MR) is 101 cm³/mol. The predicted octanol–water partition coefficient (Wildman–Crippen LogP) is 2.06. The molecule has 1 aliphatic rings. The van der Waals surface area contributed by atoms with Crippen LogP contribution in [0.2, 0.25) is 0 Å². The lowest BCUT2D eigenvalue weighted by atomic mass is 10.0. The van der Waals surface area contributed by atoms with Crippen LogP contribution in [0.15, 0.2) is 61.2 Å². The van der Waals surface area contributed by atoms with Crippen molar-refractivity contribution in [3.63, 3.8) is 0 Å². The lowest BCUT2D eigenvalue weighted by Gasteiger charge is -2.37. The molecule has 1 aromatic heterocycles. The Kier molecular flexibility index (Phi) is 4.84. The van der Waals surface area contributed by atoms with Gasteiger partial charge in [-0.2, -0.15) is 5.10 Å². The van der Waals surface area contributed by atoms with Crippen LogP contribution in [0, 0.1) is 0 Å². The molecule has 1 amide bonds. The van der Waals surface area contributed by atoms with Crippen molar-refractivity contribution < 1.29 is 9.53 Å². The molecule has 1 saturated heterocycles. The molecule has 0 radical (unpaired) electrons. The van der Waals surface area contributed by atoms with Crippen LogP contribution >= 0.6 is 0 Å². The van der Waals surface area contributed by atoms with Crippen molar-refractivity contribution in [3.05, 3.63) is 72.3 Å². The highest BCUT2D eigenvalue weighted by Crippen LogP contribution is 2.31. The fraction of sp³-hybridized carbons (Fsp3) is 0.250. The molecule has 27 heavy (non-hydrogen) atoms. The molecular formula is C20H21N5O2. The van der Waals surface area contributed by atoms with Crippen LogP contribution in [0.1, 0.15) is 22.0 Å². The molecule has 138 valence electrons. The summed E-state index contributed by atoms with van der Waals surface area (Å²) in [6, 6.07) is 15.2. The largest absolute Gasteiger partial charge is 0.496 e. The van der Waals surface area contributed by atoms with Gasteiger partial charge in [0, 0.05) is 30.8 Å². The fourth-order valence-electron chi connectivity index (χ4n) is 3.43. The van der Waals surface area contributed by atoms with Crippen molar-refractivity contribution >= 4 is 5.91 Å². The summed E-state index contributed by atoms with van der Waals surface area (Å²) in [5.41, 5.74) is 2.53. The zero-order chi connectivity index (χ0) is 18.6. The van der Waals surface area contributed by atoms with E-state index >= 15 is 0 Å². The van der Waals surface area contributed by atoms with E-state index < -0.39 is 0 Å². The van der Waals surface area contributed by atoms with Crippen LogP contribution in [0.5, 0.6) is 5.75 Å². The SMILES string of the molecule is COc1ccccc1C1CNCCN1C(=O)c1ccc(-n2cncn2)cc1. The number of amides is 1. The van der Waals surface area contributed by atoms with Gasteiger partial charge in [0.1, 0.15) is 18.4 Å². The first kappa shape index (κ1) is 17.2. The van der Waals surface area contributed by atoms with E-state index in [1.54, 1.807) is 18.1 Å². The Morgan fingerprint density at radius 3 is 2.74 bits per heavy atom. The number of hydrogen-bond acceptors (Lipinski definition) is 5. The molecule has 2 aromatic carbocycles. The molecule has 1 atom stereocenters. The number of carbonyl (C=O) groups is 1. The number of para-hydroxylation sites is 1. The Morgan fingerprint density at radius 2 is 2.00 bits per heavy atom. The number of ether oxygens (including phenoxy) is 1. The Balaban J connectivity index is 1.61. The number of benzene rings is 2. The maximum atomic E-state index is 13.2. The van der Waals surface area contributed by atoms with Crippen molar-refractivity contribution in [1.29, 1.82) is 0 Å². The summed E-state index contributed by atoms with van der Waals surface area (Å²) in [4.78, 5) is 19.1. The Bertz CT molecular complexity index is 908. The maximum absolute atomic E-state index is 13.2. The lowest BCUT2D eigenvalue weighted by molar-refractivity contribution is 0.0631. The minimum absolute atomic E-state index is 0.0116. The van der Waals surface area contributed by atoms with Crippen molar-refractivity contribution in [3.8, 4) is 11.4 Å². The van der Waals surface area contributed by atoms with Gasteiger partial charge in [-0.05, 0) is 30.3 Å². The summed E-state index contributed by atoms with van der Waals surface area (Å²) in [5.74, 6) is 0.808. The molecule has 1 N–H and O–H groups in total. The lowest BCUT2D eigenvalue weighted by Crippen LogP contribution is -2.48. The second-order valence-corrected chi connectivity index (χ2v) is 6.35. The van der Waals surface area contributed by atoms with E-state index in [1.807, 2.05) is 53.4 Å². The van der Waals surface area contributed by atoms with Gasteiger partial charge in [0.2, 0.25) is 0 Å². The van der Waals surface area contributed by atoms with Crippen LogP contribution in [-0.2, 0) is 0 Å². The van der Waals surface area contributed by atoms with E-state index in [2.05, 4.69) is 15.4 Å². The Hall–Kier alpha value is -3.19. The molecule has 0 bridgehead atoms. The quantitative estimate of drug-likeness (QED) is 0.768. The standard InChI is InChI=1S/C20H21N5O2/c1-27-19-5-3-2-4-17(19)18-12-21-10-11-24(18)20(26)15-6-8-16(9-7-15)25-14-22-13-23-25/h2-9,13-14,18,21H,10-12H2,1H3. The molecule has 0 aliphatic carbocycles. The van der Waals surface area contributed by atoms with E-state index in [1.165, 1.54) is 6.33 Å². The van der Waals surface area contributed by atoms with Crippen molar-refractivity contribution in [2.45, 2.75) is 6.04 Å². The Morgan fingerprint density at radius 1 is 1.19 bits per heavy atom. The van der Waals surface area contributed by atoms with E-state index in [0.717, 1.165) is 23.5 Å². The molecule has 1 aliphatic heterocycles. The van der Waals surface area contributed by atoms with Gasteiger partial charge in [-0.15, -0.1) is 0 Å². The minimum Gasteiger partial charge on any atom is -0.496 e. The first-order chi connectivity index (χ1) is 13.3. The van der Waals surface area contributed by atoms with Crippen molar-refractivity contribution in [2.24, 2.45) is 0 Å². The molecule has 2 heterocycles. The second kappa shape index (κ2) is 7.59. The number of rotatable bonds is 4. The molecule has 0 spiro atoms. The maximum Gasteiger partial charge on any atom is 0.254 e. The molecular weight excluding hydrogens is 342 g/mol. The number of nitrogens with zero attached hydrogens (tertiary/aromatic N) is 4. The zero-order valence-corrected chi connectivity index (χ0v) is 15.1. The van der Waals surface area contributed by atoms with Crippen molar-refractivity contribution in [2.75, 3.05) is 26.7 Å². The number of hydrogen-bond donors (Lipinski definition) is 1. The smallest absolute Gasteiger partial charge is 0.254 e. The number of carbonyl (C=O) groups excluding carboxylic acids is 1. The number of nitrogens with one attached hydrogen (secondary N) is 1. The number of methoxy groups -OCH3 is 1. The summed E-state index contributed by atoms with van der Waals surface area (Å²) in [7, 11) is 1.66. The summed E-state index contributed by atoms with van der Waals surface area (Å²) in [6.45, 7) is 2.12. The van der Waals surface area contributed by atoms with Gasteiger partial charge in [0.05, 0.1) is 18.8 Å². The van der Waals surface area contributed by atoms with E-state index in [-0.39, 0.29) is 11.9 Å². The third kappa shape index (κ3) is 3.41. The topological polar surface area (TPSA) is 72.3 Å². The van der Waals surface area contributed by atoms with Crippen LogP contribution in [0.3, 0.4) is 0 Å². The average molecular weight is 363 g/mol. The molecule has 4 rings (SSSR count). The van der Waals surface area contributed by atoms with Gasteiger partial charge in [-0.3, -0.25) is 4.79 Å². The first-order valence-electron chi connectivity index (χ1n) is 8.87. The molecule has 1 unspecified atom stereocenters. The van der Waals surface area contributed by atoms with Crippen LogP contribution in [-0.4, -0.2) is 52.3 Å². The summed E-state index contributed by atoms with van der Waals surface area (Å²) in [5, 5.41) is 7.49. The molecule has 7 heteroatoms. The van der Waals surface area contributed by atoms with Gasteiger partial charge in [0.25, 0.3) is 5.91 Å². The van der Waals surface area contributed by atoms with E-state index in [4.69, 9.17) is 4.74 Å². The molecule has 0 saturated carbocycles. The number of piperazine rings is 1. The fourth-order valence-corrected chi connectivity index (χ4v) is 3.43.